The second kappa shape index (κ2) is 5.66. The first-order chi connectivity index (χ1) is 9.12. The number of aliphatic imine (C=N–C) groups is 1. The van der Waals surface area contributed by atoms with Crippen LogP contribution in [-0.2, 0) is 0 Å². The van der Waals surface area contributed by atoms with Crippen molar-refractivity contribution in [1.82, 2.24) is 9.78 Å². The first-order valence-electron chi connectivity index (χ1n) is 6.42. The lowest BCUT2D eigenvalue weighted by atomic mass is 9.77. The third kappa shape index (κ3) is 3.19. The number of nitriles is 1. The highest BCUT2D eigenvalue weighted by Crippen LogP contribution is 2.39. The standard InChI is InChI=1S/C15H18N4/c1-4-14(18-12(3)8-16)5-13-6-15(7-13)19-10-11(2)9-17-19/h4,9-10,13,15H,1,3,5-7H2,2H3. The number of hydrogen-bond acceptors (Lipinski definition) is 3. The van der Waals surface area contributed by atoms with Crippen molar-refractivity contribution in [3.05, 3.63) is 42.9 Å². The van der Waals surface area contributed by atoms with Gasteiger partial charge in [0.15, 0.2) is 0 Å². The van der Waals surface area contributed by atoms with E-state index in [-0.39, 0.29) is 5.70 Å². The van der Waals surface area contributed by atoms with Crippen LogP contribution in [0.25, 0.3) is 0 Å². The van der Waals surface area contributed by atoms with Crippen molar-refractivity contribution in [3.8, 4) is 6.07 Å². The summed E-state index contributed by atoms with van der Waals surface area (Å²) in [6.45, 7) is 9.36. The number of aromatic nitrogens is 2. The molecule has 0 N–H and O–H groups in total. The van der Waals surface area contributed by atoms with E-state index in [9.17, 15) is 0 Å². The summed E-state index contributed by atoms with van der Waals surface area (Å²) in [7, 11) is 0. The van der Waals surface area contributed by atoms with Crippen LogP contribution in [0.5, 0.6) is 0 Å². The molecule has 0 radical (unpaired) electrons. The van der Waals surface area contributed by atoms with Crippen molar-refractivity contribution in [3.63, 3.8) is 0 Å². The Bertz CT molecular complexity index is 553. The largest absolute Gasteiger partial charge is 0.269 e. The van der Waals surface area contributed by atoms with Crippen LogP contribution >= 0.6 is 0 Å². The van der Waals surface area contributed by atoms with Gasteiger partial charge in [-0.1, -0.05) is 13.2 Å². The van der Waals surface area contributed by atoms with E-state index in [1.54, 1.807) is 6.08 Å². The minimum atomic E-state index is 0.244. The van der Waals surface area contributed by atoms with E-state index < -0.39 is 0 Å². The Hall–Kier alpha value is -2.15. The molecule has 0 aliphatic heterocycles. The fourth-order valence-electron chi connectivity index (χ4n) is 2.38. The van der Waals surface area contributed by atoms with Crippen molar-refractivity contribution in [2.75, 3.05) is 0 Å². The zero-order valence-electron chi connectivity index (χ0n) is 11.2. The van der Waals surface area contributed by atoms with E-state index in [1.165, 1.54) is 5.56 Å². The summed E-state index contributed by atoms with van der Waals surface area (Å²) in [5.41, 5.74) is 2.29. The van der Waals surface area contributed by atoms with E-state index in [0.29, 0.717) is 12.0 Å². The van der Waals surface area contributed by atoms with Crippen LogP contribution in [0, 0.1) is 24.2 Å². The minimum Gasteiger partial charge on any atom is -0.269 e. The van der Waals surface area contributed by atoms with E-state index in [1.807, 2.05) is 16.9 Å². The molecule has 0 unspecified atom stereocenters. The molecule has 0 saturated heterocycles. The smallest absolute Gasteiger partial charge is 0.133 e. The highest BCUT2D eigenvalue weighted by molar-refractivity contribution is 5.95. The maximum atomic E-state index is 8.68. The van der Waals surface area contributed by atoms with Gasteiger partial charge in [0.05, 0.1) is 12.2 Å². The molecule has 0 spiro atoms. The molecule has 1 heterocycles. The molecule has 1 saturated carbocycles. The Balaban J connectivity index is 1.87. The number of hydrogen-bond donors (Lipinski definition) is 0. The predicted molar refractivity (Wildman–Crippen MR) is 75.7 cm³/mol. The number of nitrogens with zero attached hydrogens (tertiary/aromatic N) is 4. The lowest BCUT2D eigenvalue weighted by Crippen LogP contribution is -2.28. The Kier molecular flexibility index (Phi) is 3.96. The summed E-state index contributed by atoms with van der Waals surface area (Å²) in [6, 6.07) is 2.44. The van der Waals surface area contributed by atoms with Gasteiger partial charge in [-0.25, -0.2) is 4.99 Å². The van der Waals surface area contributed by atoms with Gasteiger partial charge in [0, 0.05) is 11.9 Å². The summed E-state index contributed by atoms with van der Waals surface area (Å²) in [4.78, 5) is 4.16. The lowest BCUT2D eigenvalue weighted by Gasteiger charge is -2.35. The van der Waals surface area contributed by atoms with Gasteiger partial charge in [0.2, 0.25) is 0 Å². The SMILES string of the molecule is C=CC(CC1CC(n2cc(C)cn2)C1)=NC(=C)C#N. The topological polar surface area (TPSA) is 54.0 Å². The minimum absolute atomic E-state index is 0.244. The predicted octanol–water partition coefficient (Wildman–Crippen LogP) is 3.20. The molecule has 1 aliphatic rings. The fourth-order valence-corrected chi connectivity index (χ4v) is 2.38. The van der Waals surface area contributed by atoms with Gasteiger partial charge in [-0.15, -0.1) is 0 Å². The molecule has 0 aromatic carbocycles. The molecule has 0 bridgehead atoms. The van der Waals surface area contributed by atoms with E-state index in [2.05, 4.69) is 36.4 Å². The van der Waals surface area contributed by atoms with Crippen LogP contribution in [0.4, 0.5) is 0 Å². The molecule has 0 atom stereocenters. The summed E-state index contributed by atoms with van der Waals surface area (Å²) < 4.78 is 2.05. The molecule has 0 amide bonds. The van der Waals surface area contributed by atoms with Gasteiger partial charge >= 0.3 is 0 Å². The molecule has 1 aromatic rings. The molecular formula is C15H18N4. The monoisotopic (exact) mass is 254 g/mol. The molecule has 1 aromatic heterocycles. The molecule has 1 aliphatic carbocycles. The summed E-state index contributed by atoms with van der Waals surface area (Å²) in [5, 5.41) is 13.0. The normalized spacial score (nSPS) is 22.4. The van der Waals surface area contributed by atoms with Crippen LogP contribution in [0.3, 0.4) is 0 Å². The van der Waals surface area contributed by atoms with Crippen LogP contribution in [-0.4, -0.2) is 15.5 Å². The van der Waals surface area contributed by atoms with Gasteiger partial charge in [-0.05, 0) is 43.7 Å². The Labute approximate surface area is 113 Å². The zero-order valence-corrected chi connectivity index (χ0v) is 11.2. The molecule has 4 nitrogen and oxygen atoms in total. The van der Waals surface area contributed by atoms with Gasteiger partial charge in [-0.2, -0.15) is 10.4 Å². The van der Waals surface area contributed by atoms with E-state index in [0.717, 1.165) is 25.0 Å². The first kappa shape index (κ1) is 13.3. The molecule has 1 fully saturated rings. The van der Waals surface area contributed by atoms with Crippen molar-refractivity contribution in [2.45, 2.75) is 32.2 Å². The van der Waals surface area contributed by atoms with Gasteiger partial charge in [-0.3, -0.25) is 4.68 Å². The van der Waals surface area contributed by atoms with E-state index >= 15 is 0 Å². The van der Waals surface area contributed by atoms with E-state index in [4.69, 9.17) is 5.26 Å². The highest BCUT2D eigenvalue weighted by Gasteiger charge is 2.31. The molecule has 2 rings (SSSR count). The molecule has 98 valence electrons. The highest BCUT2D eigenvalue weighted by atomic mass is 15.3. The summed E-state index contributed by atoms with van der Waals surface area (Å²) >= 11 is 0. The quantitative estimate of drug-likeness (QED) is 0.598. The van der Waals surface area contributed by atoms with Crippen molar-refractivity contribution in [2.24, 2.45) is 10.9 Å². The van der Waals surface area contributed by atoms with Gasteiger partial charge in [0.25, 0.3) is 0 Å². The number of aryl methyl sites for hydroxylation is 1. The molecular weight excluding hydrogens is 236 g/mol. The Morgan fingerprint density at radius 2 is 2.42 bits per heavy atom. The number of rotatable bonds is 5. The Morgan fingerprint density at radius 3 is 2.95 bits per heavy atom. The maximum absolute atomic E-state index is 8.68. The average Bonchev–Trinajstić information content (AvgIpc) is 2.77. The zero-order chi connectivity index (χ0) is 13.8. The van der Waals surface area contributed by atoms with Crippen LogP contribution in [0.1, 0.15) is 30.9 Å². The van der Waals surface area contributed by atoms with Crippen LogP contribution in [0.2, 0.25) is 0 Å². The molecule has 4 heteroatoms. The third-order valence-corrected chi connectivity index (χ3v) is 3.46. The second-order valence-corrected chi connectivity index (χ2v) is 5.06. The van der Waals surface area contributed by atoms with Crippen molar-refractivity contribution in [1.29, 1.82) is 5.26 Å². The third-order valence-electron chi connectivity index (χ3n) is 3.46. The van der Waals surface area contributed by atoms with Gasteiger partial charge < -0.3 is 0 Å². The maximum Gasteiger partial charge on any atom is 0.133 e. The molecule has 19 heavy (non-hydrogen) atoms. The van der Waals surface area contributed by atoms with Gasteiger partial charge in [0.1, 0.15) is 11.8 Å². The summed E-state index contributed by atoms with van der Waals surface area (Å²) in [6.07, 6.45) is 8.76. The fraction of sp³-hybridized carbons (Fsp3) is 0.400. The summed E-state index contributed by atoms with van der Waals surface area (Å²) in [5.74, 6) is 0.595. The first-order valence-corrected chi connectivity index (χ1v) is 6.42. The van der Waals surface area contributed by atoms with Crippen LogP contribution < -0.4 is 0 Å². The Morgan fingerprint density at radius 1 is 1.68 bits per heavy atom. The number of allylic oxidation sites excluding steroid dienone is 2. The van der Waals surface area contributed by atoms with Crippen molar-refractivity contribution >= 4 is 5.71 Å². The second-order valence-electron chi connectivity index (χ2n) is 5.06. The lowest BCUT2D eigenvalue weighted by molar-refractivity contribution is 0.190. The average molecular weight is 254 g/mol. The van der Waals surface area contributed by atoms with Crippen molar-refractivity contribution < 1.29 is 0 Å². The van der Waals surface area contributed by atoms with Crippen LogP contribution in [0.15, 0.2) is 42.3 Å².